The molecule has 0 radical (unpaired) electrons. The number of anilines is 1. The van der Waals surface area contributed by atoms with Crippen molar-refractivity contribution in [3.8, 4) is 0 Å². The smallest absolute Gasteiger partial charge is 0.320 e. The highest BCUT2D eigenvalue weighted by atomic mass is 16.4. The van der Waals surface area contributed by atoms with Crippen molar-refractivity contribution in [2.24, 2.45) is 0 Å². The molecule has 0 aliphatic rings. The first-order valence-corrected chi connectivity index (χ1v) is 5.19. The molecule has 0 atom stereocenters. The number of amides is 2. The average Bonchev–Trinajstić information content (AvgIpc) is 2.14. The van der Waals surface area contributed by atoms with Gasteiger partial charge in [-0.15, -0.1) is 0 Å². The molecule has 1 aromatic rings. The number of carbonyl (C=O) groups excluding carboxylic acids is 1. The molecule has 6 nitrogen and oxygen atoms in total. The van der Waals surface area contributed by atoms with E-state index in [1.807, 2.05) is 19.9 Å². The fourth-order valence-corrected chi connectivity index (χ4v) is 1.35. The zero-order valence-corrected chi connectivity index (χ0v) is 9.78. The Kier molecular flexibility index (Phi) is 4.45. The van der Waals surface area contributed by atoms with E-state index in [-0.39, 0.29) is 13.0 Å². The van der Waals surface area contributed by atoms with Crippen LogP contribution in [0.25, 0.3) is 0 Å². The van der Waals surface area contributed by atoms with Crippen LogP contribution in [-0.2, 0) is 4.79 Å². The molecule has 0 aliphatic carbocycles. The molecule has 0 aromatic carbocycles. The fourth-order valence-electron chi connectivity index (χ4n) is 1.35. The van der Waals surface area contributed by atoms with Crippen molar-refractivity contribution < 1.29 is 14.7 Å². The van der Waals surface area contributed by atoms with E-state index in [1.165, 1.54) is 0 Å². The van der Waals surface area contributed by atoms with Crippen molar-refractivity contribution in [1.29, 1.82) is 0 Å². The molecule has 0 spiro atoms. The Morgan fingerprint density at radius 2 is 2.06 bits per heavy atom. The minimum Gasteiger partial charge on any atom is -0.481 e. The lowest BCUT2D eigenvalue weighted by Crippen LogP contribution is -2.30. The SMILES string of the molecule is Cc1cc(C)nc(NC(=O)NCCC(=O)O)c1. The van der Waals surface area contributed by atoms with Gasteiger partial charge in [-0.1, -0.05) is 0 Å². The van der Waals surface area contributed by atoms with E-state index >= 15 is 0 Å². The molecular formula is C11H15N3O3. The largest absolute Gasteiger partial charge is 0.481 e. The standard InChI is InChI=1S/C11H15N3O3/c1-7-5-8(2)13-9(6-7)14-11(17)12-4-3-10(15)16/h5-6H,3-4H2,1-2H3,(H,15,16)(H2,12,13,14,17). The Bertz CT molecular complexity index is 412. The van der Waals surface area contributed by atoms with Gasteiger partial charge in [-0.25, -0.2) is 9.78 Å². The molecular weight excluding hydrogens is 222 g/mol. The van der Waals surface area contributed by atoms with Gasteiger partial charge in [-0.3, -0.25) is 10.1 Å². The number of aryl methyl sites for hydroxylation is 2. The quantitative estimate of drug-likeness (QED) is 0.736. The Morgan fingerprint density at radius 1 is 1.35 bits per heavy atom. The van der Waals surface area contributed by atoms with Crippen molar-refractivity contribution in [2.45, 2.75) is 20.3 Å². The van der Waals surface area contributed by atoms with Crippen LogP contribution in [0.2, 0.25) is 0 Å². The second-order valence-corrected chi connectivity index (χ2v) is 3.70. The van der Waals surface area contributed by atoms with Crippen LogP contribution in [0.1, 0.15) is 17.7 Å². The van der Waals surface area contributed by atoms with Gasteiger partial charge in [0.15, 0.2) is 0 Å². The third-order valence-corrected chi connectivity index (χ3v) is 1.96. The van der Waals surface area contributed by atoms with Gasteiger partial charge in [-0.2, -0.15) is 0 Å². The highest BCUT2D eigenvalue weighted by molar-refractivity contribution is 5.88. The normalized spacial score (nSPS) is 9.76. The van der Waals surface area contributed by atoms with Gasteiger partial charge in [0.05, 0.1) is 6.42 Å². The molecule has 6 heteroatoms. The summed E-state index contributed by atoms with van der Waals surface area (Å²) in [5.41, 5.74) is 1.81. The number of pyridine rings is 1. The van der Waals surface area contributed by atoms with Crippen molar-refractivity contribution >= 4 is 17.8 Å². The topological polar surface area (TPSA) is 91.3 Å². The number of aliphatic carboxylic acids is 1. The summed E-state index contributed by atoms with van der Waals surface area (Å²) in [6.45, 7) is 3.83. The van der Waals surface area contributed by atoms with Crippen molar-refractivity contribution in [3.05, 3.63) is 23.4 Å². The number of aromatic nitrogens is 1. The number of hydrogen-bond donors (Lipinski definition) is 3. The zero-order valence-electron chi connectivity index (χ0n) is 9.78. The molecule has 2 amide bonds. The van der Waals surface area contributed by atoms with Crippen LogP contribution in [0.3, 0.4) is 0 Å². The van der Waals surface area contributed by atoms with E-state index in [1.54, 1.807) is 6.07 Å². The van der Waals surface area contributed by atoms with Gasteiger partial charge in [0.2, 0.25) is 0 Å². The summed E-state index contributed by atoms with van der Waals surface area (Å²) in [5.74, 6) is -0.495. The predicted octanol–water partition coefficient (Wildman–Crippen LogP) is 1.29. The molecule has 1 rings (SSSR count). The van der Waals surface area contributed by atoms with Gasteiger partial charge < -0.3 is 10.4 Å². The molecule has 0 saturated heterocycles. The summed E-state index contributed by atoms with van der Waals surface area (Å²) < 4.78 is 0. The lowest BCUT2D eigenvalue weighted by atomic mass is 10.2. The van der Waals surface area contributed by atoms with Crippen LogP contribution < -0.4 is 10.6 Å². The van der Waals surface area contributed by atoms with Gasteiger partial charge in [0, 0.05) is 12.2 Å². The first kappa shape index (κ1) is 13.0. The molecule has 17 heavy (non-hydrogen) atoms. The molecule has 3 N–H and O–H groups in total. The van der Waals surface area contributed by atoms with Crippen LogP contribution >= 0.6 is 0 Å². The molecule has 1 aromatic heterocycles. The number of carbonyl (C=O) groups is 2. The van der Waals surface area contributed by atoms with Crippen LogP contribution in [0.5, 0.6) is 0 Å². The number of carboxylic acids is 1. The van der Waals surface area contributed by atoms with E-state index < -0.39 is 12.0 Å². The summed E-state index contributed by atoms with van der Waals surface area (Å²) in [4.78, 5) is 25.7. The third-order valence-electron chi connectivity index (χ3n) is 1.96. The second kappa shape index (κ2) is 5.83. The maximum atomic E-state index is 11.4. The number of carboxylic acid groups (broad SMARTS) is 1. The molecule has 0 fully saturated rings. The number of rotatable bonds is 4. The van der Waals surface area contributed by atoms with Crippen LogP contribution in [-0.4, -0.2) is 28.6 Å². The predicted molar refractivity (Wildman–Crippen MR) is 63.0 cm³/mol. The van der Waals surface area contributed by atoms with Gasteiger partial charge in [0.25, 0.3) is 0 Å². The summed E-state index contributed by atoms with van der Waals surface area (Å²) in [5, 5.41) is 13.4. The van der Waals surface area contributed by atoms with Gasteiger partial charge in [0.1, 0.15) is 5.82 Å². The molecule has 0 saturated carbocycles. The summed E-state index contributed by atoms with van der Waals surface area (Å²) in [7, 11) is 0. The lowest BCUT2D eigenvalue weighted by Gasteiger charge is -2.07. The molecule has 0 aliphatic heterocycles. The number of nitrogens with zero attached hydrogens (tertiary/aromatic N) is 1. The number of nitrogens with one attached hydrogen (secondary N) is 2. The van der Waals surface area contributed by atoms with E-state index in [0.717, 1.165) is 11.3 Å². The maximum Gasteiger partial charge on any atom is 0.320 e. The molecule has 1 heterocycles. The van der Waals surface area contributed by atoms with E-state index in [4.69, 9.17) is 5.11 Å². The Morgan fingerprint density at radius 3 is 2.65 bits per heavy atom. The zero-order chi connectivity index (χ0) is 12.8. The minimum absolute atomic E-state index is 0.0893. The molecule has 0 unspecified atom stereocenters. The monoisotopic (exact) mass is 237 g/mol. The van der Waals surface area contributed by atoms with Gasteiger partial charge >= 0.3 is 12.0 Å². The first-order valence-electron chi connectivity index (χ1n) is 5.19. The molecule has 92 valence electrons. The van der Waals surface area contributed by atoms with E-state index in [9.17, 15) is 9.59 Å². The Balaban J connectivity index is 2.47. The number of hydrogen-bond acceptors (Lipinski definition) is 3. The summed E-state index contributed by atoms with van der Waals surface area (Å²) in [6, 6.07) is 3.18. The van der Waals surface area contributed by atoms with Crippen LogP contribution in [0.4, 0.5) is 10.6 Å². The van der Waals surface area contributed by atoms with E-state index in [0.29, 0.717) is 5.82 Å². The Hall–Kier alpha value is -2.11. The number of urea groups is 1. The second-order valence-electron chi connectivity index (χ2n) is 3.70. The summed E-state index contributed by atoms with van der Waals surface area (Å²) >= 11 is 0. The third kappa shape index (κ3) is 4.96. The van der Waals surface area contributed by atoms with Crippen molar-refractivity contribution in [3.63, 3.8) is 0 Å². The Labute approximate surface area is 99.1 Å². The van der Waals surface area contributed by atoms with Crippen molar-refractivity contribution in [2.75, 3.05) is 11.9 Å². The molecule has 0 bridgehead atoms. The van der Waals surface area contributed by atoms with Crippen LogP contribution in [0, 0.1) is 13.8 Å². The maximum absolute atomic E-state index is 11.4. The first-order chi connectivity index (χ1) is 7.97. The minimum atomic E-state index is -0.949. The lowest BCUT2D eigenvalue weighted by molar-refractivity contribution is -0.136. The highest BCUT2D eigenvalue weighted by Gasteiger charge is 2.04. The van der Waals surface area contributed by atoms with Crippen LogP contribution in [0.15, 0.2) is 12.1 Å². The van der Waals surface area contributed by atoms with Gasteiger partial charge in [-0.05, 0) is 31.5 Å². The average molecular weight is 237 g/mol. The summed E-state index contributed by atoms with van der Waals surface area (Å²) in [6.07, 6.45) is -0.103. The van der Waals surface area contributed by atoms with Crippen molar-refractivity contribution in [1.82, 2.24) is 10.3 Å². The fraction of sp³-hybridized carbons (Fsp3) is 0.364. The van der Waals surface area contributed by atoms with E-state index in [2.05, 4.69) is 15.6 Å². The highest BCUT2D eigenvalue weighted by Crippen LogP contribution is 2.08.